The molecule has 6 nitrogen and oxygen atoms in total. The number of fused-ring (bicyclic) bond motifs is 1. The summed E-state index contributed by atoms with van der Waals surface area (Å²) in [6.07, 6.45) is -6.62. The number of rotatable bonds is 5. The van der Waals surface area contributed by atoms with Gasteiger partial charge in [-0.05, 0) is 6.42 Å². The Bertz CT molecular complexity index is 1060. The Hall–Kier alpha value is -1.85. The highest BCUT2D eigenvalue weighted by atomic mass is 16.2. The van der Waals surface area contributed by atoms with E-state index in [1.54, 1.807) is 0 Å². The van der Waals surface area contributed by atoms with Crippen LogP contribution in [0.5, 0.6) is 0 Å². The van der Waals surface area contributed by atoms with E-state index in [2.05, 4.69) is 4.98 Å². The average molecular weight is 275 g/mol. The summed E-state index contributed by atoms with van der Waals surface area (Å²) in [5.41, 5.74) is -2.78. The molecule has 0 aliphatic carbocycles. The zero-order valence-electron chi connectivity index (χ0n) is 21.2. The normalized spacial score (nSPS) is 24.4. The second kappa shape index (κ2) is 5.42. The third-order valence-electron chi connectivity index (χ3n) is 2.65. The molecule has 2 rings (SSSR count). The van der Waals surface area contributed by atoms with Gasteiger partial charge in [0.2, 0.25) is 0 Å². The van der Waals surface area contributed by atoms with E-state index in [9.17, 15) is 9.59 Å². The summed E-state index contributed by atoms with van der Waals surface area (Å²) < 4.78 is 84.8. The molecule has 2 aromatic heterocycles. The molecule has 0 spiro atoms. The van der Waals surface area contributed by atoms with Crippen molar-refractivity contribution in [3.8, 4) is 0 Å². The molecule has 6 heteroatoms. The van der Waals surface area contributed by atoms with Crippen LogP contribution in [0.15, 0.2) is 15.9 Å². The van der Waals surface area contributed by atoms with Gasteiger partial charge in [0, 0.05) is 34.3 Å². The van der Waals surface area contributed by atoms with Crippen molar-refractivity contribution in [2.24, 2.45) is 14.0 Å². The Balaban J connectivity index is 2.51. The van der Waals surface area contributed by atoms with Crippen LogP contribution in [0.2, 0.25) is 0 Å². The molecule has 2 aromatic rings. The number of nitrogens with zero attached hydrogens (tertiary/aromatic N) is 4. The van der Waals surface area contributed by atoms with Gasteiger partial charge in [0.05, 0.1) is 7.70 Å². The molecular weight excluding hydrogens is 244 g/mol. The van der Waals surface area contributed by atoms with E-state index in [4.69, 9.17) is 15.1 Å². The van der Waals surface area contributed by atoms with Crippen molar-refractivity contribution in [2.75, 3.05) is 0 Å². The molecule has 2 heterocycles. The monoisotopic (exact) mass is 275 g/mol. The molecule has 104 valence electrons. The molecule has 0 aromatic carbocycles. The Kier molecular flexibility index (Phi) is 1.50. The van der Waals surface area contributed by atoms with Crippen molar-refractivity contribution in [1.29, 1.82) is 0 Å². The minimum Gasteiger partial charge on any atom is -0.328 e. The number of hydrogen-bond donors (Lipinski definition) is 0. The fourth-order valence-corrected chi connectivity index (χ4v) is 1.73. The van der Waals surface area contributed by atoms with Crippen LogP contribution in [-0.2, 0) is 20.5 Å². The summed E-state index contributed by atoms with van der Waals surface area (Å²) in [7, 11) is 1.22. The standard InChI is InChI=1S/C13H20N4O2/c1-4-5-6-7-8-17-12(18)10-11(14-9-15(10)2)16(3)13(17)19/h9H,4-8H2,1-3H3/i1D3,2D3,4D2,5D2,8D. The molecule has 0 radical (unpaired) electrons. The first kappa shape index (κ1) is 5.26. The van der Waals surface area contributed by atoms with E-state index in [1.165, 1.54) is 7.05 Å². The minimum atomic E-state index is -3.27. The van der Waals surface area contributed by atoms with Gasteiger partial charge in [-0.1, -0.05) is 26.0 Å². The minimum absolute atomic E-state index is 0.210. The van der Waals surface area contributed by atoms with Crippen molar-refractivity contribution in [3.63, 3.8) is 0 Å². The van der Waals surface area contributed by atoms with Gasteiger partial charge < -0.3 is 4.57 Å². The van der Waals surface area contributed by atoms with Crippen LogP contribution in [0.25, 0.3) is 11.2 Å². The number of aromatic nitrogens is 4. The Morgan fingerprint density at radius 2 is 2.26 bits per heavy atom. The lowest BCUT2D eigenvalue weighted by Crippen LogP contribution is -2.39. The molecule has 1 atom stereocenters. The quantitative estimate of drug-likeness (QED) is 0.818. The van der Waals surface area contributed by atoms with Crippen LogP contribution in [0.1, 0.15) is 47.5 Å². The van der Waals surface area contributed by atoms with Crippen LogP contribution in [0.4, 0.5) is 0 Å². The zero-order chi connectivity index (χ0) is 23.4. The van der Waals surface area contributed by atoms with Gasteiger partial charge in [-0.25, -0.2) is 9.78 Å². The van der Waals surface area contributed by atoms with Gasteiger partial charge >= 0.3 is 5.69 Å². The summed E-state index contributed by atoms with van der Waals surface area (Å²) in [6, 6.07) is 0. The molecule has 0 aliphatic rings. The summed E-state index contributed by atoms with van der Waals surface area (Å²) >= 11 is 0. The number of aryl methyl sites for hydroxylation is 2. The van der Waals surface area contributed by atoms with Crippen molar-refractivity contribution < 1.29 is 15.1 Å². The second-order valence-corrected chi connectivity index (χ2v) is 3.83. The smallest absolute Gasteiger partial charge is 0.328 e. The van der Waals surface area contributed by atoms with E-state index < -0.39 is 62.7 Å². The number of imidazole rings is 1. The lowest BCUT2D eigenvalue weighted by molar-refractivity contribution is 0.539. The molecule has 19 heavy (non-hydrogen) atoms. The highest BCUT2D eigenvalue weighted by Crippen LogP contribution is 2.04. The van der Waals surface area contributed by atoms with Crippen LogP contribution in [-0.4, -0.2) is 18.7 Å². The molecule has 0 aliphatic heterocycles. The summed E-state index contributed by atoms with van der Waals surface area (Å²) in [4.78, 5) is 29.1. The predicted molar refractivity (Wildman–Crippen MR) is 74.4 cm³/mol. The average Bonchev–Trinajstić information content (AvgIpc) is 3.03. The first-order valence-corrected chi connectivity index (χ1v) is 5.46. The van der Waals surface area contributed by atoms with Crippen molar-refractivity contribution >= 4 is 11.2 Å². The summed E-state index contributed by atoms with van der Waals surface area (Å²) in [5, 5.41) is 0. The largest absolute Gasteiger partial charge is 0.332 e. The number of hydrogen-bond acceptors (Lipinski definition) is 3. The molecule has 0 fully saturated rings. The summed E-state index contributed by atoms with van der Waals surface area (Å²) in [5.74, 6) is 0. The molecule has 0 saturated carbocycles. The van der Waals surface area contributed by atoms with Gasteiger partial charge in [0.25, 0.3) is 5.56 Å². The zero-order valence-corrected chi connectivity index (χ0v) is 10.2. The molecule has 0 N–H and O–H groups in total. The maximum absolute atomic E-state index is 12.8. The molecule has 0 saturated heterocycles. The van der Waals surface area contributed by atoms with Gasteiger partial charge in [0.15, 0.2) is 11.2 Å². The second-order valence-electron chi connectivity index (χ2n) is 3.83. The topological polar surface area (TPSA) is 61.8 Å². The highest BCUT2D eigenvalue weighted by molar-refractivity contribution is 5.69. The predicted octanol–water partition coefficient (Wildman–Crippen LogP) is 1.01. The molecule has 1 unspecified atom stereocenters. The fraction of sp³-hybridized carbons (Fsp3) is 0.615. The van der Waals surface area contributed by atoms with Crippen LogP contribution >= 0.6 is 0 Å². The SMILES string of the molecule is [2H]C(CCC([2H])([2H])C([2H])([2H])C([2H])([2H])[2H])n1c(=O)c2c(ncn2C([2H])([2H])[2H])n(C)c1=O. The fourth-order valence-electron chi connectivity index (χ4n) is 1.73. The van der Waals surface area contributed by atoms with E-state index in [-0.39, 0.29) is 5.65 Å². The first-order valence-electron chi connectivity index (χ1n) is 11.0. The lowest BCUT2D eigenvalue weighted by Gasteiger charge is -2.08. The van der Waals surface area contributed by atoms with Gasteiger partial charge in [-0.2, -0.15) is 0 Å². The van der Waals surface area contributed by atoms with Gasteiger partial charge in [-0.15, -0.1) is 0 Å². The molecule has 0 bridgehead atoms. The van der Waals surface area contributed by atoms with Crippen LogP contribution in [0.3, 0.4) is 0 Å². The summed E-state index contributed by atoms with van der Waals surface area (Å²) in [6.45, 7) is -7.77. The van der Waals surface area contributed by atoms with Crippen LogP contribution in [0, 0.1) is 0 Å². The highest BCUT2D eigenvalue weighted by Gasteiger charge is 2.14. The van der Waals surface area contributed by atoms with E-state index >= 15 is 0 Å². The Morgan fingerprint density at radius 3 is 3.00 bits per heavy atom. The third-order valence-corrected chi connectivity index (χ3v) is 2.65. The van der Waals surface area contributed by atoms with Gasteiger partial charge in [0.1, 0.15) is 0 Å². The Morgan fingerprint density at radius 1 is 1.42 bits per heavy atom. The Labute approximate surface area is 126 Å². The maximum Gasteiger partial charge on any atom is 0.332 e. The van der Waals surface area contributed by atoms with Crippen LogP contribution < -0.4 is 11.2 Å². The lowest BCUT2D eigenvalue weighted by atomic mass is 10.2. The third kappa shape index (κ3) is 2.34. The molecular formula is C13H20N4O2. The van der Waals surface area contributed by atoms with E-state index in [1.807, 2.05) is 0 Å². The van der Waals surface area contributed by atoms with Crippen molar-refractivity contribution in [1.82, 2.24) is 18.7 Å². The van der Waals surface area contributed by atoms with Crippen molar-refractivity contribution in [2.45, 2.75) is 39.0 Å². The molecule has 0 amide bonds. The first-order chi connectivity index (χ1) is 13.3. The van der Waals surface area contributed by atoms with Crippen molar-refractivity contribution in [3.05, 3.63) is 27.2 Å². The van der Waals surface area contributed by atoms with E-state index in [0.717, 1.165) is 10.9 Å². The van der Waals surface area contributed by atoms with E-state index in [0.29, 0.717) is 9.13 Å². The maximum atomic E-state index is 12.8. The van der Waals surface area contributed by atoms with Gasteiger partial charge in [-0.3, -0.25) is 13.9 Å².